The standard InChI is InChI=1S/C39H37N5O5/c1-24(2)34-21-35(25(3)19-37(34)48-6)38-41-36-10-8-7-9-33(36)39(45)43(38)40-22-29-20-26(4)42(27(29)5)30-15-17-32(18-16-30)49-23-28-11-13-31(14-12-28)44(46)47/h7-22,24H,23H2,1-6H3. The highest BCUT2D eigenvalue weighted by Crippen LogP contribution is 2.34. The van der Waals surface area contributed by atoms with Crippen molar-refractivity contribution in [3.63, 3.8) is 0 Å². The average Bonchev–Trinajstić information content (AvgIpc) is 3.38. The molecule has 6 rings (SSSR count). The molecular weight excluding hydrogens is 618 g/mol. The lowest BCUT2D eigenvalue weighted by Gasteiger charge is -2.17. The topological polar surface area (TPSA) is 114 Å². The Labute approximate surface area is 284 Å². The number of rotatable bonds is 10. The Kier molecular flexibility index (Phi) is 9.13. The highest BCUT2D eigenvalue weighted by Gasteiger charge is 2.19. The van der Waals surface area contributed by atoms with Crippen molar-refractivity contribution in [2.45, 2.75) is 47.1 Å². The molecule has 0 fully saturated rings. The molecule has 0 bridgehead atoms. The maximum Gasteiger partial charge on any atom is 0.282 e. The number of ether oxygens (including phenoxy) is 2. The number of nitro benzene ring substituents is 1. The number of methoxy groups -OCH3 is 1. The lowest BCUT2D eigenvalue weighted by Crippen LogP contribution is -2.21. The monoisotopic (exact) mass is 655 g/mol. The Balaban J connectivity index is 1.32. The molecule has 0 radical (unpaired) electrons. The molecule has 0 amide bonds. The van der Waals surface area contributed by atoms with Crippen molar-refractivity contribution in [3.8, 4) is 28.6 Å². The molecule has 0 saturated carbocycles. The van der Waals surface area contributed by atoms with Crippen molar-refractivity contribution in [1.82, 2.24) is 14.2 Å². The van der Waals surface area contributed by atoms with Crippen LogP contribution < -0.4 is 15.0 Å². The van der Waals surface area contributed by atoms with Gasteiger partial charge in [0.1, 0.15) is 18.1 Å². The van der Waals surface area contributed by atoms with E-state index in [1.54, 1.807) is 31.5 Å². The van der Waals surface area contributed by atoms with Crippen LogP contribution in [0.4, 0.5) is 5.69 Å². The van der Waals surface area contributed by atoms with E-state index in [1.807, 2.05) is 81.4 Å². The molecule has 6 aromatic rings. The third-order valence-corrected chi connectivity index (χ3v) is 8.62. The van der Waals surface area contributed by atoms with E-state index in [9.17, 15) is 14.9 Å². The van der Waals surface area contributed by atoms with Gasteiger partial charge in [-0.25, -0.2) is 4.98 Å². The van der Waals surface area contributed by atoms with Crippen LogP contribution in [0.1, 0.15) is 53.4 Å². The van der Waals surface area contributed by atoms with Gasteiger partial charge in [-0.3, -0.25) is 14.9 Å². The van der Waals surface area contributed by atoms with Gasteiger partial charge in [-0.2, -0.15) is 9.78 Å². The first-order valence-electron chi connectivity index (χ1n) is 16.0. The minimum Gasteiger partial charge on any atom is -0.496 e. The van der Waals surface area contributed by atoms with Crippen LogP contribution in [0.15, 0.2) is 101 Å². The summed E-state index contributed by atoms with van der Waals surface area (Å²) in [5.41, 5.74) is 7.73. The molecule has 0 saturated heterocycles. The molecule has 0 unspecified atom stereocenters. The minimum absolute atomic E-state index is 0.0453. The van der Waals surface area contributed by atoms with Gasteiger partial charge in [-0.05, 0) is 110 Å². The molecule has 49 heavy (non-hydrogen) atoms. The second-order valence-electron chi connectivity index (χ2n) is 12.2. The summed E-state index contributed by atoms with van der Waals surface area (Å²) in [7, 11) is 1.66. The lowest BCUT2D eigenvalue weighted by atomic mass is 9.96. The zero-order valence-corrected chi connectivity index (χ0v) is 28.3. The quantitative estimate of drug-likeness (QED) is 0.0834. The van der Waals surface area contributed by atoms with Crippen LogP contribution in [-0.2, 0) is 6.61 Å². The van der Waals surface area contributed by atoms with E-state index < -0.39 is 4.92 Å². The van der Waals surface area contributed by atoms with E-state index in [2.05, 4.69) is 18.4 Å². The van der Waals surface area contributed by atoms with Gasteiger partial charge in [0.05, 0.1) is 29.2 Å². The zero-order chi connectivity index (χ0) is 34.8. The van der Waals surface area contributed by atoms with Crippen LogP contribution in [0.25, 0.3) is 28.0 Å². The molecule has 10 nitrogen and oxygen atoms in total. The first kappa shape index (κ1) is 32.9. The highest BCUT2D eigenvalue weighted by molar-refractivity contribution is 5.84. The Hall–Kier alpha value is -6.03. The summed E-state index contributed by atoms with van der Waals surface area (Å²) in [5.74, 6) is 2.13. The molecule has 2 heterocycles. The number of nitrogens with zero attached hydrogens (tertiary/aromatic N) is 5. The van der Waals surface area contributed by atoms with Crippen LogP contribution in [0, 0.1) is 30.9 Å². The Morgan fingerprint density at radius 1 is 0.959 bits per heavy atom. The summed E-state index contributed by atoms with van der Waals surface area (Å²) in [6, 6.07) is 27.4. The molecule has 10 heteroatoms. The second-order valence-corrected chi connectivity index (χ2v) is 12.2. The van der Waals surface area contributed by atoms with Gasteiger partial charge >= 0.3 is 0 Å². The summed E-state index contributed by atoms with van der Waals surface area (Å²) < 4.78 is 15.1. The molecule has 2 aromatic heterocycles. The highest BCUT2D eigenvalue weighted by atomic mass is 16.6. The van der Waals surface area contributed by atoms with Crippen molar-refractivity contribution in [2.75, 3.05) is 7.11 Å². The minimum atomic E-state index is -0.421. The van der Waals surface area contributed by atoms with Crippen LogP contribution in [0.5, 0.6) is 11.5 Å². The van der Waals surface area contributed by atoms with E-state index in [-0.39, 0.29) is 17.2 Å². The smallest absolute Gasteiger partial charge is 0.282 e. The molecule has 0 aliphatic heterocycles. The number of hydrogen-bond donors (Lipinski definition) is 0. The van der Waals surface area contributed by atoms with E-state index in [4.69, 9.17) is 19.6 Å². The molecule has 0 spiro atoms. The van der Waals surface area contributed by atoms with Crippen LogP contribution in [-0.4, -0.2) is 32.5 Å². The summed E-state index contributed by atoms with van der Waals surface area (Å²) in [6.45, 7) is 10.5. The zero-order valence-electron chi connectivity index (χ0n) is 28.3. The van der Waals surface area contributed by atoms with Crippen molar-refractivity contribution in [1.29, 1.82) is 0 Å². The van der Waals surface area contributed by atoms with Crippen LogP contribution in [0.2, 0.25) is 0 Å². The Bertz CT molecular complexity index is 2270. The molecular formula is C39H37N5O5. The normalized spacial score (nSPS) is 11.5. The van der Waals surface area contributed by atoms with E-state index >= 15 is 0 Å². The number of para-hydroxylation sites is 1. The number of aryl methyl sites for hydroxylation is 2. The van der Waals surface area contributed by atoms with Gasteiger partial charge in [-0.1, -0.05) is 26.0 Å². The van der Waals surface area contributed by atoms with Crippen LogP contribution >= 0.6 is 0 Å². The Morgan fingerprint density at radius 2 is 1.67 bits per heavy atom. The SMILES string of the molecule is COc1cc(C)c(-c2nc3ccccc3c(=O)n2N=Cc2cc(C)n(-c3ccc(OCc4ccc([N+](=O)[O-])cc4)cc3)c2C)cc1C(C)C. The summed E-state index contributed by atoms with van der Waals surface area (Å²) in [6.07, 6.45) is 1.71. The number of aromatic nitrogens is 3. The molecule has 0 atom stereocenters. The maximum atomic E-state index is 13.9. The fraction of sp³-hybridized carbons (Fsp3) is 0.205. The largest absolute Gasteiger partial charge is 0.496 e. The second kappa shape index (κ2) is 13.6. The van der Waals surface area contributed by atoms with E-state index in [0.717, 1.165) is 50.6 Å². The predicted octanol–water partition coefficient (Wildman–Crippen LogP) is 8.28. The number of fused-ring (bicyclic) bond motifs is 1. The Morgan fingerprint density at radius 3 is 2.35 bits per heavy atom. The maximum absolute atomic E-state index is 13.9. The van der Waals surface area contributed by atoms with Crippen molar-refractivity contribution < 1.29 is 14.4 Å². The van der Waals surface area contributed by atoms with Gasteiger partial charge in [0.25, 0.3) is 11.2 Å². The summed E-state index contributed by atoms with van der Waals surface area (Å²) >= 11 is 0. The number of benzene rings is 4. The first-order chi connectivity index (χ1) is 23.5. The predicted molar refractivity (Wildman–Crippen MR) is 192 cm³/mol. The van der Waals surface area contributed by atoms with Gasteiger partial charge in [-0.15, -0.1) is 0 Å². The fourth-order valence-electron chi connectivity index (χ4n) is 5.98. The fourth-order valence-corrected chi connectivity index (χ4v) is 5.98. The van der Waals surface area contributed by atoms with Gasteiger partial charge in [0.15, 0.2) is 5.82 Å². The molecule has 4 aromatic carbocycles. The van der Waals surface area contributed by atoms with Gasteiger partial charge in [0, 0.05) is 40.3 Å². The third-order valence-electron chi connectivity index (χ3n) is 8.62. The van der Waals surface area contributed by atoms with Gasteiger partial charge < -0.3 is 14.0 Å². The first-order valence-corrected chi connectivity index (χ1v) is 16.0. The van der Waals surface area contributed by atoms with Crippen molar-refractivity contribution in [3.05, 3.63) is 145 Å². The average molecular weight is 656 g/mol. The molecule has 248 valence electrons. The van der Waals surface area contributed by atoms with Gasteiger partial charge in [0.2, 0.25) is 0 Å². The number of hydrogen-bond acceptors (Lipinski definition) is 7. The molecule has 0 aliphatic carbocycles. The summed E-state index contributed by atoms with van der Waals surface area (Å²) in [5, 5.41) is 16.2. The molecule has 0 aliphatic rings. The molecule has 0 N–H and O–H groups in total. The lowest BCUT2D eigenvalue weighted by molar-refractivity contribution is -0.384. The van der Waals surface area contributed by atoms with E-state index in [1.165, 1.54) is 16.8 Å². The van der Waals surface area contributed by atoms with Crippen LogP contribution in [0.3, 0.4) is 0 Å². The number of non-ortho nitro benzene ring substituents is 1. The summed E-state index contributed by atoms with van der Waals surface area (Å²) in [4.78, 5) is 29.4. The van der Waals surface area contributed by atoms with E-state index in [0.29, 0.717) is 29.1 Å². The number of nitro groups is 1. The van der Waals surface area contributed by atoms with Crippen molar-refractivity contribution in [2.24, 2.45) is 5.10 Å². The van der Waals surface area contributed by atoms with Crippen molar-refractivity contribution >= 4 is 22.8 Å². The third kappa shape index (κ3) is 6.58.